The number of amides is 1. The fourth-order valence-corrected chi connectivity index (χ4v) is 2.41. The Bertz CT molecular complexity index is 657. The van der Waals surface area contributed by atoms with Crippen molar-refractivity contribution in [3.05, 3.63) is 38.8 Å². The molecule has 0 aliphatic heterocycles. The minimum Gasteiger partial charge on any atom is -0.296 e. The van der Waals surface area contributed by atoms with Gasteiger partial charge >= 0.3 is 6.18 Å². The third-order valence-corrected chi connectivity index (χ3v) is 3.53. The summed E-state index contributed by atoms with van der Waals surface area (Å²) in [5, 5.41) is 10.4. The molecule has 1 heterocycles. The van der Waals surface area contributed by atoms with E-state index in [0.717, 1.165) is 23.5 Å². The molecule has 2 aromatic rings. The molecule has 0 radical (unpaired) electrons. The molecule has 0 aliphatic rings. The van der Waals surface area contributed by atoms with Gasteiger partial charge in [0.05, 0.1) is 11.1 Å². The zero-order chi connectivity index (χ0) is 14.9. The van der Waals surface area contributed by atoms with Gasteiger partial charge in [-0.15, -0.1) is 10.2 Å². The van der Waals surface area contributed by atoms with Crippen molar-refractivity contribution in [2.45, 2.75) is 13.1 Å². The van der Waals surface area contributed by atoms with E-state index in [1.54, 1.807) is 6.92 Å². The lowest BCUT2D eigenvalue weighted by molar-refractivity contribution is -0.137. The normalized spacial score (nSPS) is 11.4. The number of nitrogens with zero attached hydrogens (tertiary/aromatic N) is 2. The zero-order valence-corrected chi connectivity index (χ0v) is 12.4. The predicted molar refractivity (Wildman–Crippen MR) is 71.7 cm³/mol. The number of anilines is 1. The van der Waals surface area contributed by atoms with E-state index in [1.807, 2.05) is 0 Å². The van der Waals surface area contributed by atoms with Gasteiger partial charge < -0.3 is 0 Å². The van der Waals surface area contributed by atoms with Crippen LogP contribution in [0.4, 0.5) is 18.3 Å². The van der Waals surface area contributed by atoms with Gasteiger partial charge in [0.15, 0.2) is 0 Å². The predicted octanol–water partition coefficient (Wildman–Crippen LogP) is 3.88. The van der Waals surface area contributed by atoms with Crippen molar-refractivity contribution in [3.63, 3.8) is 0 Å². The second-order valence-corrected chi connectivity index (χ2v) is 5.87. The van der Waals surface area contributed by atoms with Gasteiger partial charge in [-0.2, -0.15) is 13.2 Å². The van der Waals surface area contributed by atoms with Crippen LogP contribution in [-0.4, -0.2) is 16.1 Å². The molecule has 0 unspecified atom stereocenters. The van der Waals surface area contributed by atoms with Gasteiger partial charge in [-0.05, 0) is 25.1 Å². The van der Waals surface area contributed by atoms with E-state index in [1.165, 1.54) is 6.07 Å². The number of alkyl halides is 3. The molecule has 1 amide bonds. The van der Waals surface area contributed by atoms with Crippen LogP contribution in [0.15, 0.2) is 22.7 Å². The molecular weight excluding hydrogens is 359 g/mol. The molecule has 0 saturated carbocycles. The van der Waals surface area contributed by atoms with Gasteiger partial charge in [-0.25, -0.2) is 0 Å². The minimum absolute atomic E-state index is 0.156. The largest absolute Gasteiger partial charge is 0.417 e. The number of carbonyl (C=O) groups excluding carboxylic acids is 1. The van der Waals surface area contributed by atoms with Crippen LogP contribution in [0.25, 0.3) is 0 Å². The Labute approximate surface area is 124 Å². The second-order valence-electron chi connectivity index (χ2n) is 3.77. The highest BCUT2D eigenvalue weighted by molar-refractivity contribution is 9.10. The highest BCUT2D eigenvalue weighted by Gasteiger charge is 2.35. The Morgan fingerprint density at radius 1 is 1.35 bits per heavy atom. The minimum atomic E-state index is -4.62. The Kier molecular flexibility index (Phi) is 4.09. The maximum atomic E-state index is 12.9. The SMILES string of the molecule is Cc1nnc(NC(=O)c2ccc(Br)cc2C(F)(F)F)s1. The maximum Gasteiger partial charge on any atom is 0.417 e. The average molecular weight is 366 g/mol. The molecule has 1 aromatic heterocycles. The summed E-state index contributed by atoms with van der Waals surface area (Å²) >= 11 is 4.04. The summed E-state index contributed by atoms with van der Waals surface area (Å²) in [7, 11) is 0. The first kappa shape index (κ1) is 14.9. The fourth-order valence-electron chi connectivity index (χ4n) is 1.46. The zero-order valence-electron chi connectivity index (χ0n) is 9.95. The summed E-state index contributed by atoms with van der Waals surface area (Å²) in [6.45, 7) is 1.67. The molecule has 106 valence electrons. The molecule has 0 saturated heterocycles. The molecule has 1 N–H and O–H groups in total. The molecule has 0 spiro atoms. The van der Waals surface area contributed by atoms with Crippen molar-refractivity contribution in [2.75, 3.05) is 5.32 Å². The van der Waals surface area contributed by atoms with Gasteiger partial charge in [0, 0.05) is 4.47 Å². The number of benzene rings is 1. The van der Waals surface area contributed by atoms with Gasteiger partial charge in [0.2, 0.25) is 5.13 Å². The van der Waals surface area contributed by atoms with Crippen LogP contribution in [0, 0.1) is 6.92 Å². The first-order chi connectivity index (χ1) is 9.27. The van der Waals surface area contributed by atoms with E-state index in [0.29, 0.717) is 5.01 Å². The quantitative estimate of drug-likeness (QED) is 0.878. The van der Waals surface area contributed by atoms with Crippen LogP contribution >= 0.6 is 27.3 Å². The molecule has 9 heteroatoms. The van der Waals surface area contributed by atoms with E-state index >= 15 is 0 Å². The fraction of sp³-hybridized carbons (Fsp3) is 0.182. The highest BCUT2D eigenvalue weighted by Crippen LogP contribution is 2.34. The van der Waals surface area contributed by atoms with Gasteiger partial charge in [0.25, 0.3) is 5.91 Å². The van der Waals surface area contributed by atoms with E-state index in [-0.39, 0.29) is 9.60 Å². The van der Waals surface area contributed by atoms with E-state index in [9.17, 15) is 18.0 Å². The van der Waals surface area contributed by atoms with Crippen molar-refractivity contribution in [3.8, 4) is 0 Å². The third-order valence-electron chi connectivity index (χ3n) is 2.28. The van der Waals surface area contributed by atoms with Crippen molar-refractivity contribution in [1.82, 2.24) is 10.2 Å². The average Bonchev–Trinajstić information content (AvgIpc) is 2.73. The lowest BCUT2D eigenvalue weighted by Crippen LogP contribution is -2.18. The van der Waals surface area contributed by atoms with Gasteiger partial charge in [0.1, 0.15) is 5.01 Å². The maximum absolute atomic E-state index is 12.9. The number of carbonyl (C=O) groups is 1. The van der Waals surface area contributed by atoms with Gasteiger partial charge in [-0.3, -0.25) is 10.1 Å². The molecular formula is C11H7BrF3N3OS. The summed E-state index contributed by atoms with van der Waals surface area (Å²) in [4.78, 5) is 11.9. The Hall–Kier alpha value is -1.48. The van der Waals surface area contributed by atoms with Gasteiger partial charge in [-0.1, -0.05) is 27.3 Å². The third kappa shape index (κ3) is 3.34. The van der Waals surface area contributed by atoms with Crippen molar-refractivity contribution < 1.29 is 18.0 Å². The highest BCUT2D eigenvalue weighted by atomic mass is 79.9. The second kappa shape index (κ2) is 5.49. The standard InChI is InChI=1S/C11H7BrF3N3OS/c1-5-17-18-10(20-5)16-9(19)7-3-2-6(12)4-8(7)11(13,14)15/h2-4H,1H3,(H,16,18,19). The molecule has 2 rings (SSSR count). The summed E-state index contributed by atoms with van der Waals surface area (Å²) in [5.41, 5.74) is -1.47. The van der Waals surface area contributed by atoms with E-state index < -0.39 is 23.2 Å². The van der Waals surface area contributed by atoms with Crippen LogP contribution in [0.5, 0.6) is 0 Å². The monoisotopic (exact) mass is 365 g/mol. The molecule has 0 atom stereocenters. The van der Waals surface area contributed by atoms with Crippen LogP contribution in [0.2, 0.25) is 0 Å². The molecule has 0 bridgehead atoms. The number of halogens is 4. The molecule has 20 heavy (non-hydrogen) atoms. The number of aromatic nitrogens is 2. The number of hydrogen-bond acceptors (Lipinski definition) is 4. The smallest absolute Gasteiger partial charge is 0.296 e. The topological polar surface area (TPSA) is 54.9 Å². The first-order valence-electron chi connectivity index (χ1n) is 5.25. The Balaban J connectivity index is 2.34. The number of nitrogens with one attached hydrogen (secondary N) is 1. The number of rotatable bonds is 2. The molecule has 0 fully saturated rings. The Morgan fingerprint density at radius 2 is 2.05 bits per heavy atom. The Morgan fingerprint density at radius 3 is 2.60 bits per heavy atom. The van der Waals surface area contributed by atoms with E-state index in [4.69, 9.17) is 0 Å². The number of aryl methyl sites for hydroxylation is 1. The molecule has 1 aromatic carbocycles. The van der Waals surface area contributed by atoms with Crippen molar-refractivity contribution >= 4 is 38.3 Å². The summed E-state index contributed by atoms with van der Waals surface area (Å²) < 4.78 is 39.0. The summed E-state index contributed by atoms with van der Waals surface area (Å²) in [6, 6.07) is 3.34. The first-order valence-corrected chi connectivity index (χ1v) is 6.86. The van der Waals surface area contributed by atoms with Crippen LogP contribution in [-0.2, 0) is 6.18 Å². The number of hydrogen-bond donors (Lipinski definition) is 1. The van der Waals surface area contributed by atoms with Crippen molar-refractivity contribution in [1.29, 1.82) is 0 Å². The van der Waals surface area contributed by atoms with E-state index in [2.05, 4.69) is 31.4 Å². The summed E-state index contributed by atoms with van der Waals surface area (Å²) in [5.74, 6) is -0.874. The van der Waals surface area contributed by atoms with Crippen LogP contribution in [0.3, 0.4) is 0 Å². The van der Waals surface area contributed by atoms with Crippen LogP contribution < -0.4 is 5.32 Å². The lowest BCUT2D eigenvalue weighted by Gasteiger charge is -2.12. The van der Waals surface area contributed by atoms with Crippen molar-refractivity contribution in [2.24, 2.45) is 0 Å². The molecule has 0 aliphatic carbocycles. The van der Waals surface area contributed by atoms with Crippen LogP contribution in [0.1, 0.15) is 20.9 Å². The summed E-state index contributed by atoms with van der Waals surface area (Å²) in [6.07, 6.45) is -4.62. The lowest BCUT2D eigenvalue weighted by atomic mass is 10.1. The molecule has 4 nitrogen and oxygen atoms in total.